The highest BCUT2D eigenvalue weighted by molar-refractivity contribution is 7.98. The lowest BCUT2D eigenvalue weighted by atomic mass is 10.2. The second-order valence-corrected chi connectivity index (χ2v) is 6.05. The summed E-state index contributed by atoms with van der Waals surface area (Å²) in [5.74, 6) is 3.05. The van der Waals surface area contributed by atoms with Crippen LogP contribution in [0.4, 0.5) is 0 Å². The van der Waals surface area contributed by atoms with Crippen LogP contribution in [0.25, 0.3) is 0 Å². The van der Waals surface area contributed by atoms with Crippen LogP contribution in [0.15, 0.2) is 18.2 Å². The molecule has 0 amide bonds. The Hall–Kier alpha value is -0.870. The highest BCUT2D eigenvalue weighted by Crippen LogP contribution is 2.30. The largest absolute Gasteiger partial charge is 0.490 e. The van der Waals surface area contributed by atoms with Gasteiger partial charge < -0.3 is 14.8 Å². The van der Waals surface area contributed by atoms with Crippen molar-refractivity contribution in [2.45, 2.75) is 32.2 Å². The maximum absolute atomic E-state index is 5.71. The minimum absolute atomic E-state index is 0.749. The van der Waals surface area contributed by atoms with Crippen molar-refractivity contribution in [1.82, 2.24) is 5.32 Å². The van der Waals surface area contributed by atoms with Gasteiger partial charge in [0.25, 0.3) is 0 Å². The van der Waals surface area contributed by atoms with Gasteiger partial charge in [-0.25, -0.2) is 0 Å². The summed E-state index contributed by atoms with van der Waals surface area (Å²) in [5, 5.41) is 3.50. The third-order valence-electron chi connectivity index (χ3n) is 3.34. The summed E-state index contributed by atoms with van der Waals surface area (Å²) >= 11 is 1.93. The molecular weight excluding hydrogens is 270 g/mol. The van der Waals surface area contributed by atoms with Crippen LogP contribution in [0.5, 0.6) is 11.5 Å². The van der Waals surface area contributed by atoms with Crippen molar-refractivity contribution in [2.75, 3.05) is 31.8 Å². The quantitative estimate of drug-likeness (QED) is 0.744. The number of hydrogen-bond acceptors (Lipinski definition) is 4. The summed E-state index contributed by atoms with van der Waals surface area (Å²) in [6.45, 7) is 3.49. The van der Waals surface area contributed by atoms with E-state index in [1.807, 2.05) is 17.8 Å². The molecular formula is C16H25NO2S. The van der Waals surface area contributed by atoms with Crippen LogP contribution in [0.2, 0.25) is 0 Å². The van der Waals surface area contributed by atoms with Crippen LogP contribution in [-0.2, 0) is 6.54 Å². The Morgan fingerprint density at radius 2 is 1.95 bits per heavy atom. The van der Waals surface area contributed by atoms with E-state index >= 15 is 0 Å². The zero-order chi connectivity index (χ0) is 14.0. The molecule has 0 spiro atoms. The second kappa shape index (κ2) is 9.14. The SMILES string of the molecule is CSCCCCCNCc1ccc2c(c1)OCCCO2. The standard InChI is InChI=1S/C16H25NO2S/c1-20-11-4-2-3-8-17-13-14-6-7-15-16(12-14)19-10-5-9-18-15/h6-7,12,17H,2-5,8-11,13H2,1H3. The van der Waals surface area contributed by atoms with Crippen LogP contribution < -0.4 is 14.8 Å². The van der Waals surface area contributed by atoms with Gasteiger partial charge in [0, 0.05) is 13.0 Å². The lowest BCUT2D eigenvalue weighted by molar-refractivity contribution is 0.297. The first-order chi connectivity index (χ1) is 9.90. The Morgan fingerprint density at radius 1 is 1.10 bits per heavy atom. The van der Waals surface area contributed by atoms with Gasteiger partial charge in [-0.3, -0.25) is 0 Å². The smallest absolute Gasteiger partial charge is 0.161 e. The molecule has 3 nitrogen and oxygen atoms in total. The molecule has 0 fully saturated rings. The van der Waals surface area contributed by atoms with Gasteiger partial charge >= 0.3 is 0 Å². The van der Waals surface area contributed by atoms with E-state index in [1.54, 1.807) is 0 Å². The molecule has 2 rings (SSSR count). The lowest BCUT2D eigenvalue weighted by Crippen LogP contribution is -2.14. The zero-order valence-corrected chi connectivity index (χ0v) is 13.1. The monoisotopic (exact) mass is 295 g/mol. The first kappa shape index (κ1) is 15.5. The van der Waals surface area contributed by atoms with E-state index in [4.69, 9.17) is 9.47 Å². The van der Waals surface area contributed by atoms with Gasteiger partial charge in [-0.1, -0.05) is 12.5 Å². The predicted octanol–water partition coefficient (Wildman–Crippen LogP) is 3.47. The molecule has 0 unspecified atom stereocenters. The van der Waals surface area contributed by atoms with E-state index < -0.39 is 0 Å². The summed E-state index contributed by atoms with van der Waals surface area (Å²) in [4.78, 5) is 0. The van der Waals surface area contributed by atoms with Gasteiger partial charge in [-0.05, 0) is 49.1 Å². The Kier molecular flexibility index (Phi) is 7.09. The molecule has 20 heavy (non-hydrogen) atoms. The molecule has 0 aromatic heterocycles. The van der Waals surface area contributed by atoms with Gasteiger partial charge in [-0.2, -0.15) is 11.8 Å². The van der Waals surface area contributed by atoms with Gasteiger partial charge in [0.05, 0.1) is 13.2 Å². The molecule has 1 aromatic carbocycles. The lowest BCUT2D eigenvalue weighted by Gasteiger charge is -2.10. The first-order valence-electron chi connectivity index (χ1n) is 7.48. The van der Waals surface area contributed by atoms with Gasteiger partial charge in [0.2, 0.25) is 0 Å². The van der Waals surface area contributed by atoms with Gasteiger partial charge in [0.1, 0.15) is 0 Å². The van der Waals surface area contributed by atoms with Crippen molar-refractivity contribution in [1.29, 1.82) is 0 Å². The van der Waals surface area contributed by atoms with Crippen molar-refractivity contribution in [3.63, 3.8) is 0 Å². The van der Waals surface area contributed by atoms with Crippen LogP contribution in [-0.4, -0.2) is 31.8 Å². The number of ether oxygens (including phenoxy) is 2. The van der Waals surface area contributed by atoms with Crippen LogP contribution in [0.1, 0.15) is 31.2 Å². The fourth-order valence-corrected chi connectivity index (χ4v) is 2.72. The average molecular weight is 295 g/mol. The summed E-state index contributed by atoms with van der Waals surface area (Å²) in [6.07, 6.45) is 7.02. The fraction of sp³-hybridized carbons (Fsp3) is 0.625. The van der Waals surface area contributed by atoms with Crippen molar-refractivity contribution >= 4 is 11.8 Å². The number of hydrogen-bond donors (Lipinski definition) is 1. The van der Waals surface area contributed by atoms with E-state index in [2.05, 4.69) is 23.7 Å². The average Bonchev–Trinajstić information content (AvgIpc) is 2.71. The topological polar surface area (TPSA) is 30.5 Å². The summed E-state index contributed by atoms with van der Waals surface area (Å²) in [6, 6.07) is 6.24. The number of unbranched alkanes of at least 4 members (excludes halogenated alkanes) is 2. The predicted molar refractivity (Wildman–Crippen MR) is 86.0 cm³/mol. The molecule has 0 saturated heterocycles. The number of fused-ring (bicyclic) bond motifs is 1. The molecule has 1 aromatic rings. The first-order valence-corrected chi connectivity index (χ1v) is 8.88. The number of thioether (sulfide) groups is 1. The molecule has 1 aliphatic heterocycles. The zero-order valence-electron chi connectivity index (χ0n) is 12.3. The van der Waals surface area contributed by atoms with E-state index in [1.165, 1.54) is 30.6 Å². The van der Waals surface area contributed by atoms with Gasteiger partial charge in [-0.15, -0.1) is 0 Å². The Bertz CT molecular complexity index is 398. The molecule has 0 bridgehead atoms. The summed E-state index contributed by atoms with van der Waals surface area (Å²) in [5.41, 5.74) is 1.26. The van der Waals surface area contributed by atoms with Gasteiger partial charge in [0.15, 0.2) is 11.5 Å². The van der Waals surface area contributed by atoms with E-state index in [0.29, 0.717) is 0 Å². The number of rotatable bonds is 8. The minimum Gasteiger partial charge on any atom is -0.490 e. The van der Waals surface area contributed by atoms with Crippen molar-refractivity contribution in [3.8, 4) is 11.5 Å². The number of benzene rings is 1. The molecule has 1 aliphatic rings. The summed E-state index contributed by atoms with van der Waals surface area (Å²) in [7, 11) is 0. The van der Waals surface area contributed by atoms with E-state index in [-0.39, 0.29) is 0 Å². The molecule has 112 valence electrons. The third kappa shape index (κ3) is 5.25. The third-order valence-corrected chi connectivity index (χ3v) is 4.04. The Morgan fingerprint density at radius 3 is 2.80 bits per heavy atom. The molecule has 1 N–H and O–H groups in total. The van der Waals surface area contributed by atoms with E-state index in [9.17, 15) is 0 Å². The fourth-order valence-electron chi connectivity index (χ4n) is 2.22. The van der Waals surface area contributed by atoms with Crippen LogP contribution in [0.3, 0.4) is 0 Å². The second-order valence-electron chi connectivity index (χ2n) is 5.06. The minimum atomic E-state index is 0.749. The molecule has 0 atom stereocenters. The Labute approximate surface area is 126 Å². The summed E-state index contributed by atoms with van der Waals surface area (Å²) < 4.78 is 11.3. The van der Waals surface area contributed by atoms with Crippen molar-refractivity contribution in [2.24, 2.45) is 0 Å². The van der Waals surface area contributed by atoms with Crippen LogP contribution in [0, 0.1) is 0 Å². The van der Waals surface area contributed by atoms with Crippen molar-refractivity contribution in [3.05, 3.63) is 23.8 Å². The molecule has 0 saturated carbocycles. The van der Waals surface area contributed by atoms with E-state index in [0.717, 1.165) is 44.2 Å². The van der Waals surface area contributed by atoms with Crippen LogP contribution >= 0.6 is 11.8 Å². The molecule has 4 heteroatoms. The highest BCUT2D eigenvalue weighted by atomic mass is 32.2. The molecule has 1 heterocycles. The normalized spacial score (nSPS) is 14.1. The highest BCUT2D eigenvalue weighted by Gasteiger charge is 2.10. The Balaban J connectivity index is 1.69. The number of nitrogens with one attached hydrogen (secondary N) is 1. The molecule has 0 radical (unpaired) electrons. The maximum Gasteiger partial charge on any atom is 0.161 e. The van der Waals surface area contributed by atoms with Crippen molar-refractivity contribution < 1.29 is 9.47 Å². The molecule has 0 aliphatic carbocycles. The maximum atomic E-state index is 5.71.